The highest BCUT2D eigenvalue weighted by Crippen LogP contribution is 2.31. The van der Waals surface area contributed by atoms with Gasteiger partial charge in [0.15, 0.2) is 0 Å². The first-order chi connectivity index (χ1) is 16.9. The smallest absolute Gasteiger partial charge is 0.265 e. The van der Waals surface area contributed by atoms with Crippen molar-refractivity contribution in [3.8, 4) is 28.9 Å². The summed E-state index contributed by atoms with van der Waals surface area (Å²) in [4.78, 5) is 12.6. The van der Waals surface area contributed by atoms with Gasteiger partial charge < -0.3 is 14.2 Å². The van der Waals surface area contributed by atoms with Gasteiger partial charge in [-0.25, -0.2) is 23.4 Å². The Kier molecular flexibility index (Phi) is 7.16. The first-order valence-electron chi connectivity index (χ1n) is 10.9. The maximum absolute atomic E-state index is 13.0. The van der Waals surface area contributed by atoms with Gasteiger partial charge in [0.2, 0.25) is 5.88 Å². The maximum Gasteiger partial charge on any atom is 0.265 e. The van der Waals surface area contributed by atoms with Crippen LogP contribution in [0.25, 0.3) is 5.82 Å². The zero-order valence-corrected chi connectivity index (χ0v) is 20.3. The van der Waals surface area contributed by atoms with Gasteiger partial charge in [-0.15, -0.1) is 0 Å². The van der Waals surface area contributed by atoms with Crippen molar-refractivity contribution in [2.24, 2.45) is 0 Å². The van der Waals surface area contributed by atoms with E-state index in [0.717, 1.165) is 5.82 Å². The second-order valence-electron chi connectivity index (χ2n) is 7.27. The molecule has 0 saturated carbocycles. The summed E-state index contributed by atoms with van der Waals surface area (Å²) in [5.41, 5.74) is 0.367. The van der Waals surface area contributed by atoms with Crippen molar-refractivity contribution >= 4 is 15.7 Å². The largest absolute Gasteiger partial charge is 0.494 e. The minimum absolute atomic E-state index is 0.0199. The van der Waals surface area contributed by atoms with Gasteiger partial charge in [0.25, 0.3) is 10.0 Å². The standard InChI is InChI=1S/C24H25N5O5S/c1-4-32-20-10-11-22(21(14-20)33-5-2)35(30,31)28-18-6-8-19(9-7-18)34-24-15-23(26-16-27-24)29-13-12-25-17(29)3/h6-16,28H,4-5H2,1-3H3. The molecule has 11 heteroatoms. The van der Waals surface area contributed by atoms with E-state index in [2.05, 4.69) is 19.7 Å². The number of benzene rings is 2. The first-order valence-corrected chi connectivity index (χ1v) is 12.4. The number of imidazole rings is 1. The molecule has 4 aromatic rings. The Morgan fingerprint density at radius 1 is 0.914 bits per heavy atom. The number of nitrogens with zero attached hydrogens (tertiary/aromatic N) is 4. The van der Waals surface area contributed by atoms with Gasteiger partial charge >= 0.3 is 0 Å². The van der Waals surface area contributed by atoms with Crippen molar-refractivity contribution in [3.05, 3.63) is 73.1 Å². The zero-order valence-electron chi connectivity index (χ0n) is 19.5. The highest BCUT2D eigenvalue weighted by Gasteiger charge is 2.21. The van der Waals surface area contributed by atoms with Crippen LogP contribution in [-0.2, 0) is 10.0 Å². The molecular formula is C24H25N5O5S. The molecule has 2 aromatic carbocycles. The summed E-state index contributed by atoms with van der Waals surface area (Å²) in [5, 5.41) is 0. The highest BCUT2D eigenvalue weighted by atomic mass is 32.2. The zero-order chi connectivity index (χ0) is 24.8. The second-order valence-corrected chi connectivity index (χ2v) is 8.92. The molecule has 2 aromatic heterocycles. The minimum atomic E-state index is -3.91. The molecule has 0 fully saturated rings. The number of anilines is 1. The van der Waals surface area contributed by atoms with Crippen LogP contribution in [0.2, 0.25) is 0 Å². The molecule has 0 bridgehead atoms. The van der Waals surface area contributed by atoms with Crippen LogP contribution in [0, 0.1) is 6.92 Å². The lowest BCUT2D eigenvalue weighted by atomic mass is 10.3. The number of hydrogen-bond donors (Lipinski definition) is 1. The van der Waals surface area contributed by atoms with E-state index in [0.29, 0.717) is 42.1 Å². The predicted octanol–water partition coefficient (Wildman–Crippen LogP) is 4.36. The molecule has 2 heterocycles. The van der Waals surface area contributed by atoms with Crippen LogP contribution in [0.15, 0.2) is 72.1 Å². The first kappa shape index (κ1) is 24.0. The summed E-state index contributed by atoms with van der Waals surface area (Å²) < 4.78 is 47.3. The van der Waals surface area contributed by atoms with Gasteiger partial charge in [-0.1, -0.05) is 0 Å². The molecule has 10 nitrogen and oxygen atoms in total. The predicted molar refractivity (Wildman–Crippen MR) is 130 cm³/mol. The third kappa shape index (κ3) is 5.69. The fraction of sp³-hybridized carbons (Fsp3) is 0.208. The normalized spacial score (nSPS) is 11.2. The van der Waals surface area contributed by atoms with E-state index in [4.69, 9.17) is 14.2 Å². The average molecular weight is 496 g/mol. The molecule has 1 N–H and O–H groups in total. The van der Waals surface area contributed by atoms with Crippen molar-refractivity contribution in [2.75, 3.05) is 17.9 Å². The number of hydrogen-bond acceptors (Lipinski definition) is 8. The molecule has 0 radical (unpaired) electrons. The molecular weight excluding hydrogens is 470 g/mol. The maximum atomic E-state index is 13.0. The molecule has 0 saturated heterocycles. The molecule has 0 amide bonds. The molecule has 0 aliphatic heterocycles. The van der Waals surface area contributed by atoms with Crippen molar-refractivity contribution < 1.29 is 22.6 Å². The molecule has 0 atom stereocenters. The number of ether oxygens (including phenoxy) is 3. The van der Waals surface area contributed by atoms with Crippen LogP contribution >= 0.6 is 0 Å². The summed E-state index contributed by atoms with van der Waals surface area (Å²) in [7, 11) is -3.91. The van der Waals surface area contributed by atoms with E-state index >= 15 is 0 Å². The molecule has 35 heavy (non-hydrogen) atoms. The average Bonchev–Trinajstić information content (AvgIpc) is 3.27. The van der Waals surface area contributed by atoms with Crippen LogP contribution in [0.3, 0.4) is 0 Å². The van der Waals surface area contributed by atoms with E-state index in [1.54, 1.807) is 61.8 Å². The summed E-state index contributed by atoms with van der Waals surface area (Å²) >= 11 is 0. The molecule has 0 aliphatic carbocycles. The van der Waals surface area contributed by atoms with Crippen LogP contribution in [0.1, 0.15) is 19.7 Å². The number of rotatable bonds is 10. The van der Waals surface area contributed by atoms with Gasteiger partial charge in [-0.05, 0) is 57.2 Å². The summed E-state index contributed by atoms with van der Waals surface area (Å²) in [6, 6.07) is 12.8. The van der Waals surface area contributed by atoms with Crippen molar-refractivity contribution in [1.82, 2.24) is 19.5 Å². The van der Waals surface area contributed by atoms with Crippen LogP contribution in [0.4, 0.5) is 5.69 Å². The minimum Gasteiger partial charge on any atom is -0.494 e. The van der Waals surface area contributed by atoms with E-state index in [1.165, 1.54) is 12.4 Å². The van der Waals surface area contributed by atoms with Crippen LogP contribution in [0.5, 0.6) is 23.1 Å². The Bertz CT molecular complexity index is 1400. The molecule has 0 aliphatic rings. The summed E-state index contributed by atoms with van der Waals surface area (Å²) in [5.74, 6) is 2.98. The van der Waals surface area contributed by atoms with Gasteiger partial charge in [0.05, 0.1) is 13.2 Å². The Labute approximate surface area is 203 Å². The van der Waals surface area contributed by atoms with Crippen molar-refractivity contribution in [2.45, 2.75) is 25.7 Å². The third-order valence-electron chi connectivity index (χ3n) is 4.84. The molecule has 0 spiro atoms. The fourth-order valence-corrected chi connectivity index (χ4v) is 4.48. The van der Waals surface area contributed by atoms with Crippen molar-refractivity contribution in [3.63, 3.8) is 0 Å². The van der Waals surface area contributed by atoms with E-state index in [9.17, 15) is 8.42 Å². The molecule has 182 valence electrons. The van der Waals surface area contributed by atoms with Gasteiger partial charge in [0.1, 0.15) is 40.1 Å². The van der Waals surface area contributed by atoms with Gasteiger partial charge in [-0.2, -0.15) is 0 Å². The van der Waals surface area contributed by atoms with E-state index in [1.807, 2.05) is 18.4 Å². The SMILES string of the molecule is CCOc1ccc(S(=O)(=O)Nc2ccc(Oc3cc(-n4ccnc4C)ncn3)cc2)c(OCC)c1. The number of aromatic nitrogens is 4. The lowest BCUT2D eigenvalue weighted by molar-refractivity contribution is 0.317. The Morgan fingerprint density at radius 2 is 1.66 bits per heavy atom. The highest BCUT2D eigenvalue weighted by molar-refractivity contribution is 7.92. The monoisotopic (exact) mass is 495 g/mol. The van der Waals surface area contributed by atoms with E-state index < -0.39 is 10.0 Å². The lowest BCUT2D eigenvalue weighted by Crippen LogP contribution is -2.14. The Morgan fingerprint density at radius 3 is 2.34 bits per heavy atom. The lowest BCUT2D eigenvalue weighted by Gasteiger charge is -2.14. The number of aryl methyl sites for hydroxylation is 1. The molecule has 4 rings (SSSR count). The number of nitrogens with one attached hydrogen (secondary N) is 1. The second kappa shape index (κ2) is 10.4. The quantitative estimate of drug-likeness (QED) is 0.345. The van der Waals surface area contributed by atoms with Gasteiger partial charge in [0, 0.05) is 30.2 Å². The van der Waals surface area contributed by atoms with Crippen LogP contribution < -0.4 is 18.9 Å². The Balaban J connectivity index is 1.49. The third-order valence-corrected chi connectivity index (χ3v) is 6.27. The Hall–Kier alpha value is -4.12. The topological polar surface area (TPSA) is 117 Å². The van der Waals surface area contributed by atoms with E-state index in [-0.39, 0.29) is 10.6 Å². The fourth-order valence-electron chi connectivity index (χ4n) is 3.29. The van der Waals surface area contributed by atoms with Crippen LogP contribution in [-0.4, -0.2) is 41.2 Å². The number of sulfonamides is 1. The summed E-state index contributed by atoms with van der Waals surface area (Å²) in [6.07, 6.45) is 4.88. The summed E-state index contributed by atoms with van der Waals surface area (Å²) in [6.45, 7) is 6.28. The van der Waals surface area contributed by atoms with Crippen molar-refractivity contribution in [1.29, 1.82) is 0 Å². The molecule has 0 unspecified atom stereocenters. The van der Waals surface area contributed by atoms with Gasteiger partial charge in [-0.3, -0.25) is 9.29 Å².